The monoisotopic (exact) mass is 328 g/mol. The van der Waals surface area contributed by atoms with Crippen molar-refractivity contribution in [2.24, 2.45) is 5.41 Å². The van der Waals surface area contributed by atoms with Crippen LogP contribution < -0.4 is 10.9 Å². The lowest BCUT2D eigenvalue weighted by molar-refractivity contribution is 0.146. The summed E-state index contributed by atoms with van der Waals surface area (Å²) >= 11 is 0. The van der Waals surface area contributed by atoms with E-state index in [1.54, 1.807) is 0 Å². The summed E-state index contributed by atoms with van der Waals surface area (Å²) in [7, 11) is 0. The highest BCUT2D eigenvalue weighted by molar-refractivity contribution is 5.26. The number of aromatic nitrogens is 2. The van der Waals surface area contributed by atoms with Crippen molar-refractivity contribution in [2.75, 3.05) is 13.2 Å². The molecule has 5 heteroatoms. The number of rotatable bonds is 7. The van der Waals surface area contributed by atoms with E-state index in [0.29, 0.717) is 5.92 Å². The van der Waals surface area contributed by atoms with Crippen molar-refractivity contribution < 1.29 is 5.11 Å². The Hall–Kier alpha value is -1.69. The normalized spacial score (nSPS) is 21.3. The van der Waals surface area contributed by atoms with Gasteiger partial charge in [-0.3, -0.25) is 5.43 Å². The topological polar surface area (TPSA) is 62.1 Å². The largest absolute Gasteiger partial charge is 0.396 e. The second kappa shape index (κ2) is 7.47. The number of imidazole rings is 1. The number of aliphatic hydroxyl groups excluding tert-OH is 1. The summed E-state index contributed by atoms with van der Waals surface area (Å²) in [6.07, 6.45) is 5.97. The van der Waals surface area contributed by atoms with Crippen LogP contribution in [0.15, 0.2) is 42.9 Å². The van der Waals surface area contributed by atoms with Crippen LogP contribution in [-0.2, 0) is 6.54 Å². The van der Waals surface area contributed by atoms with Crippen LogP contribution in [0.5, 0.6) is 0 Å². The molecular weight excluding hydrogens is 300 g/mol. The number of nitrogens with one attached hydrogen (secondary N) is 2. The first-order chi connectivity index (χ1) is 11.6. The Morgan fingerprint density at radius 2 is 2.08 bits per heavy atom. The van der Waals surface area contributed by atoms with E-state index >= 15 is 0 Å². The molecule has 0 radical (unpaired) electrons. The van der Waals surface area contributed by atoms with Gasteiger partial charge in [0.1, 0.15) is 0 Å². The number of hydrogen-bond acceptors (Lipinski definition) is 4. The third-order valence-electron chi connectivity index (χ3n) is 4.95. The summed E-state index contributed by atoms with van der Waals surface area (Å²) in [5.74, 6) is 0.362. The highest BCUT2D eigenvalue weighted by atomic mass is 16.3. The van der Waals surface area contributed by atoms with E-state index in [1.165, 1.54) is 11.3 Å². The van der Waals surface area contributed by atoms with Crippen molar-refractivity contribution in [3.63, 3.8) is 0 Å². The van der Waals surface area contributed by atoms with Crippen molar-refractivity contribution in [1.29, 1.82) is 0 Å². The van der Waals surface area contributed by atoms with Gasteiger partial charge in [-0.15, -0.1) is 0 Å². The number of benzene rings is 1. The molecule has 1 saturated heterocycles. The molecule has 3 N–H and O–H groups in total. The van der Waals surface area contributed by atoms with Crippen LogP contribution in [0.4, 0.5) is 0 Å². The first-order valence-corrected chi connectivity index (χ1v) is 8.75. The van der Waals surface area contributed by atoms with Gasteiger partial charge in [0.05, 0.1) is 12.4 Å². The first kappa shape index (κ1) is 17.1. The van der Waals surface area contributed by atoms with E-state index in [2.05, 4.69) is 58.5 Å². The average Bonchev–Trinajstić information content (AvgIpc) is 3.24. The summed E-state index contributed by atoms with van der Waals surface area (Å²) in [5, 5.41) is 9.40. The Labute approximate surface area is 144 Å². The lowest BCUT2D eigenvalue weighted by Gasteiger charge is -2.23. The molecule has 0 aliphatic carbocycles. The van der Waals surface area contributed by atoms with Crippen molar-refractivity contribution >= 4 is 0 Å². The fraction of sp³-hybridized carbons (Fsp3) is 0.526. The summed E-state index contributed by atoms with van der Waals surface area (Å²) in [4.78, 5) is 4.39. The Bertz CT molecular complexity index is 638. The fourth-order valence-corrected chi connectivity index (χ4v) is 3.38. The zero-order valence-corrected chi connectivity index (χ0v) is 14.6. The zero-order chi connectivity index (χ0) is 17.0. The smallest absolute Gasteiger partial charge is 0.0948 e. The summed E-state index contributed by atoms with van der Waals surface area (Å²) in [5.41, 5.74) is 9.26. The third kappa shape index (κ3) is 3.86. The van der Waals surface area contributed by atoms with Gasteiger partial charge in [0.25, 0.3) is 0 Å². The van der Waals surface area contributed by atoms with Gasteiger partial charge >= 0.3 is 0 Å². The standard InChI is InChI=1S/C19H28N4O/c1-19(2,13-24)9-6-10-23-14-20-12-17(23)16-11-21-22-18(16)15-7-4-3-5-8-15/h3-5,7-8,12,14,16,18,21-22,24H,6,9-11,13H2,1-2H3. The van der Waals surface area contributed by atoms with Crippen molar-refractivity contribution in [3.05, 3.63) is 54.1 Å². The molecule has 1 fully saturated rings. The molecule has 1 aliphatic rings. The average molecular weight is 328 g/mol. The first-order valence-electron chi connectivity index (χ1n) is 8.75. The Morgan fingerprint density at radius 3 is 2.83 bits per heavy atom. The maximum absolute atomic E-state index is 9.40. The molecule has 130 valence electrons. The molecule has 24 heavy (non-hydrogen) atoms. The van der Waals surface area contributed by atoms with Crippen LogP contribution in [0.3, 0.4) is 0 Å². The molecule has 1 aliphatic heterocycles. The Balaban J connectivity index is 1.70. The quantitative estimate of drug-likeness (QED) is 0.731. The summed E-state index contributed by atoms with van der Waals surface area (Å²) in [6.45, 7) is 6.29. The second-order valence-electron chi connectivity index (χ2n) is 7.46. The molecule has 1 aromatic heterocycles. The minimum absolute atomic E-state index is 0.0101. The third-order valence-corrected chi connectivity index (χ3v) is 4.95. The molecule has 2 atom stereocenters. The number of nitrogens with zero attached hydrogens (tertiary/aromatic N) is 2. The molecule has 5 nitrogen and oxygen atoms in total. The predicted octanol–water partition coefficient (Wildman–Crippen LogP) is 2.61. The predicted molar refractivity (Wildman–Crippen MR) is 95.4 cm³/mol. The number of hydrazine groups is 1. The fourth-order valence-electron chi connectivity index (χ4n) is 3.38. The van der Waals surface area contributed by atoms with Gasteiger partial charge < -0.3 is 9.67 Å². The van der Waals surface area contributed by atoms with Crippen molar-refractivity contribution in [3.8, 4) is 0 Å². The van der Waals surface area contributed by atoms with Gasteiger partial charge in [-0.1, -0.05) is 44.2 Å². The van der Waals surface area contributed by atoms with Gasteiger partial charge in [0.2, 0.25) is 0 Å². The molecule has 2 unspecified atom stereocenters. The summed E-state index contributed by atoms with van der Waals surface area (Å²) in [6, 6.07) is 10.8. The van der Waals surface area contributed by atoms with Crippen LogP contribution in [0.25, 0.3) is 0 Å². The SMILES string of the molecule is CC(C)(CO)CCCn1cncc1C1CNNC1c1ccccc1. The van der Waals surface area contributed by atoms with Gasteiger partial charge in [-0.05, 0) is 23.8 Å². The Morgan fingerprint density at radius 1 is 1.29 bits per heavy atom. The molecule has 0 bridgehead atoms. The molecule has 3 rings (SSSR count). The highest BCUT2D eigenvalue weighted by Crippen LogP contribution is 2.33. The van der Waals surface area contributed by atoms with E-state index in [4.69, 9.17) is 0 Å². The molecule has 2 heterocycles. The molecule has 0 saturated carbocycles. The minimum Gasteiger partial charge on any atom is -0.396 e. The lowest BCUT2D eigenvalue weighted by atomic mass is 9.89. The van der Waals surface area contributed by atoms with E-state index in [-0.39, 0.29) is 18.1 Å². The van der Waals surface area contributed by atoms with E-state index in [1.807, 2.05) is 18.6 Å². The van der Waals surface area contributed by atoms with E-state index < -0.39 is 0 Å². The second-order valence-corrected chi connectivity index (χ2v) is 7.46. The van der Waals surface area contributed by atoms with Crippen molar-refractivity contribution in [2.45, 2.75) is 45.2 Å². The van der Waals surface area contributed by atoms with Crippen LogP contribution in [0.1, 0.15) is 49.9 Å². The molecular formula is C19H28N4O. The van der Waals surface area contributed by atoms with Crippen molar-refractivity contribution in [1.82, 2.24) is 20.4 Å². The van der Waals surface area contributed by atoms with E-state index in [9.17, 15) is 5.11 Å². The van der Waals surface area contributed by atoms with Gasteiger partial charge in [-0.2, -0.15) is 0 Å². The molecule has 0 spiro atoms. The highest BCUT2D eigenvalue weighted by Gasteiger charge is 2.31. The molecule has 2 aromatic rings. The lowest BCUT2D eigenvalue weighted by Crippen LogP contribution is -2.25. The van der Waals surface area contributed by atoms with Crippen LogP contribution in [0.2, 0.25) is 0 Å². The van der Waals surface area contributed by atoms with Crippen LogP contribution >= 0.6 is 0 Å². The minimum atomic E-state index is -0.0101. The maximum Gasteiger partial charge on any atom is 0.0948 e. The summed E-state index contributed by atoms with van der Waals surface area (Å²) < 4.78 is 2.27. The van der Waals surface area contributed by atoms with E-state index in [0.717, 1.165) is 25.9 Å². The maximum atomic E-state index is 9.40. The van der Waals surface area contributed by atoms with Gasteiger partial charge in [0.15, 0.2) is 0 Å². The van der Waals surface area contributed by atoms with Crippen LogP contribution in [0, 0.1) is 5.41 Å². The van der Waals surface area contributed by atoms with Gasteiger partial charge in [-0.25, -0.2) is 10.4 Å². The van der Waals surface area contributed by atoms with Crippen LogP contribution in [-0.4, -0.2) is 27.8 Å². The number of aryl methyl sites for hydroxylation is 1. The number of aliphatic hydroxyl groups is 1. The van der Waals surface area contributed by atoms with Gasteiger partial charge in [0, 0.05) is 37.5 Å². The zero-order valence-electron chi connectivity index (χ0n) is 14.6. The molecule has 0 amide bonds. The number of hydrogen-bond donors (Lipinski definition) is 3. The Kier molecular flexibility index (Phi) is 5.33. The molecule has 1 aromatic carbocycles.